The largest absolute Gasteiger partial charge is 0.468 e. The van der Waals surface area contributed by atoms with Gasteiger partial charge in [0.2, 0.25) is 5.91 Å². The van der Waals surface area contributed by atoms with E-state index in [2.05, 4.69) is 27.0 Å². The number of hydrogen-bond acceptors (Lipinski definition) is 10. The molecule has 13 heteroatoms. The lowest BCUT2D eigenvalue weighted by molar-refractivity contribution is -0.384. The highest BCUT2D eigenvalue weighted by Gasteiger charge is 2.37. The van der Waals surface area contributed by atoms with Crippen molar-refractivity contribution in [3.05, 3.63) is 104 Å². The Kier molecular flexibility index (Phi) is 7.86. The van der Waals surface area contributed by atoms with Crippen molar-refractivity contribution in [2.45, 2.75) is 19.8 Å². The molecule has 1 atom stereocenters. The molecular weight excluding hydrogens is 564 g/mol. The Balaban J connectivity index is 1.37. The molecule has 1 unspecified atom stereocenters. The van der Waals surface area contributed by atoms with Crippen LogP contribution < -0.4 is 16.0 Å². The lowest BCUT2D eigenvalue weighted by Gasteiger charge is -2.28. The number of hydrogen-bond donors (Lipinski definition) is 3. The van der Waals surface area contributed by atoms with Gasteiger partial charge in [0.15, 0.2) is 5.13 Å². The van der Waals surface area contributed by atoms with Gasteiger partial charge < -0.3 is 15.1 Å². The summed E-state index contributed by atoms with van der Waals surface area (Å²) in [5.74, 6) is -1.27. The Bertz CT molecular complexity index is 1750. The topological polar surface area (TPSA) is 163 Å². The zero-order valence-electron chi connectivity index (χ0n) is 21.8. The molecule has 3 heterocycles. The first-order valence-corrected chi connectivity index (χ1v) is 14.1. The summed E-state index contributed by atoms with van der Waals surface area (Å²) < 4.78 is 6.58. The van der Waals surface area contributed by atoms with Gasteiger partial charge in [0.05, 0.1) is 55.3 Å². The number of fused-ring (bicyclic) bond motifs is 1. The molecule has 1 aliphatic heterocycles. The summed E-state index contributed by atoms with van der Waals surface area (Å²) in [5.41, 5.74) is 2.71. The first-order valence-electron chi connectivity index (χ1n) is 12.2. The van der Waals surface area contributed by atoms with Crippen LogP contribution in [-0.4, -0.2) is 27.5 Å². The third-order valence-electron chi connectivity index (χ3n) is 6.28. The Hall–Kier alpha value is -4.93. The van der Waals surface area contributed by atoms with E-state index in [1.165, 1.54) is 35.8 Å². The fraction of sp³-hybridized carbons (Fsp3) is 0.143. The summed E-state index contributed by atoms with van der Waals surface area (Å²) in [6.45, 7) is 3.38. The number of amides is 2. The third-order valence-corrected chi connectivity index (χ3v) is 8.25. The van der Waals surface area contributed by atoms with Gasteiger partial charge in [-0.15, -0.1) is 0 Å². The normalized spacial score (nSPS) is 14.9. The number of aryl methyl sites for hydroxylation is 1. The van der Waals surface area contributed by atoms with E-state index in [0.29, 0.717) is 38.4 Å². The number of allylic oxidation sites excluding steroid dienone is 2. The monoisotopic (exact) mass is 586 g/mol. The first-order chi connectivity index (χ1) is 19.7. The van der Waals surface area contributed by atoms with E-state index >= 15 is 0 Å². The van der Waals surface area contributed by atoms with Gasteiger partial charge in [0, 0.05) is 23.5 Å². The second kappa shape index (κ2) is 11.7. The number of carbonyl (C=O) groups is 2. The van der Waals surface area contributed by atoms with E-state index < -0.39 is 16.7 Å². The molecule has 0 saturated heterocycles. The molecule has 5 rings (SSSR count). The van der Waals surface area contributed by atoms with Gasteiger partial charge in [0.25, 0.3) is 11.6 Å². The predicted octanol–water partition coefficient (Wildman–Crippen LogP) is 5.81. The van der Waals surface area contributed by atoms with Crippen LogP contribution in [0.2, 0.25) is 0 Å². The van der Waals surface area contributed by atoms with Crippen LogP contribution in [0.3, 0.4) is 0 Å². The highest BCUT2D eigenvalue weighted by atomic mass is 32.2. The SMILES string of the molecule is CC1=C(C(=O)Nc2nc3ccccc3s2)C(c2ccco2)C(C#N)=C(SCC(=O)Nc2ccc([N+](=O)[O-])cc2C)N1. The van der Waals surface area contributed by atoms with Crippen molar-refractivity contribution in [3.8, 4) is 6.07 Å². The number of rotatable bonds is 8. The van der Waals surface area contributed by atoms with E-state index in [4.69, 9.17) is 4.42 Å². The number of nitro benzene ring substituents is 1. The van der Waals surface area contributed by atoms with Crippen LogP contribution in [0.4, 0.5) is 16.5 Å². The van der Waals surface area contributed by atoms with Crippen LogP contribution in [0, 0.1) is 28.4 Å². The molecule has 2 aromatic heterocycles. The van der Waals surface area contributed by atoms with Crippen LogP contribution in [-0.2, 0) is 9.59 Å². The van der Waals surface area contributed by atoms with Crippen molar-refractivity contribution < 1.29 is 18.9 Å². The summed E-state index contributed by atoms with van der Waals surface area (Å²) in [6, 6.07) is 17.3. The number of nitriles is 1. The number of furan rings is 1. The molecule has 0 saturated carbocycles. The number of benzene rings is 2. The fourth-order valence-electron chi connectivity index (χ4n) is 4.38. The summed E-state index contributed by atoms with van der Waals surface area (Å²) in [7, 11) is 0. The molecule has 0 bridgehead atoms. The molecule has 4 aromatic rings. The van der Waals surface area contributed by atoms with E-state index in [9.17, 15) is 25.0 Å². The van der Waals surface area contributed by atoms with Gasteiger partial charge in [-0.2, -0.15) is 5.26 Å². The Morgan fingerprint density at radius 1 is 1.20 bits per heavy atom. The molecule has 0 radical (unpaired) electrons. The predicted molar refractivity (Wildman–Crippen MR) is 157 cm³/mol. The van der Waals surface area contributed by atoms with Gasteiger partial charge in [-0.1, -0.05) is 35.2 Å². The molecular formula is C28H22N6O5S2. The molecule has 206 valence electrons. The van der Waals surface area contributed by atoms with Crippen LogP contribution in [0.5, 0.6) is 0 Å². The van der Waals surface area contributed by atoms with E-state index in [0.717, 1.165) is 22.0 Å². The number of aromatic nitrogens is 1. The van der Waals surface area contributed by atoms with Gasteiger partial charge in [-0.05, 0) is 49.7 Å². The minimum absolute atomic E-state index is 0.0602. The maximum atomic E-state index is 13.6. The number of anilines is 2. The van der Waals surface area contributed by atoms with E-state index in [1.54, 1.807) is 26.0 Å². The first kappa shape index (κ1) is 27.6. The number of nitrogens with one attached hydrogen (secondary N) is 3. The standard InChI is InChI=1S/C28H22N6O5S2/c1-15-12-17(34(37)38)9-10-19(15)31-23(35)14-40-27-18(13-29)25(21-7-5-11-39-21)24(16(2)30-27)26(36)33-28-32-20-6-3-4-8-22(20)41-28/h3-12,25,30H,14H2,1-2H3,(H,31,35)(H,32,33,36). The van der Waals surface area contributed by atoms with Crippen molar-refractivity contribution in [1.82, 2.24) is 10.3 Å². The van der Waals surface area contributed by atoms with Gasteiger partial charge in [-0.3, -0.25) is 25.0 Å². The maximum Gasteiger partial charge on any atom is 0.269 e. The number of thiazole rings is 1. The van der Waals surface area contributed by atoms with Crippen molar-refractivity contribution in [1.29, 1.82) is 5.26 Å². The van der Waals surface area contributed by atoms with E-state index in [-0.39, 0.29) is 22.9 Å². The quantitative estimate of drug-likeness (QED) is 0.171. The van der Waals surface area contributed by atoms with Crippen molar-refractivity contribution >= 4 is 61.6 Å². The van der Waals surface area contributed by atoms with Crippen molar-refractivity contribution in [2.75, 3.05) is 16.4 Å². The molecule has 2 amide bonds. The second-order valence-electron chi connectivity index (χ2n) is 9.00. The molecule has 0 spiro atoms. The number of nitro groups is 1. The van der Waals surface area contributed by atoms with Gasteiger partial charge in [-0.25, -0.2) is 4.98 Å². The number of para-hydroxylation sites is 1. The highest BCUT2D eigenvalue weighted by Crippen LogP contribution is 2.41. The number of dihydropyridines is 1. The Morgan fingerprint density at radius 3 is 2.68 bits per heavy atom. The highest BCUT2D eigenvalue weighted by molar-refractivity contribution is 8.03. The average Bonchev–Trinajstić information content (AvgIpc) is 3.62. The van der Waals surface area contributed by atoms with E-state index in [1.807, 2.05) is 24.3 Å². The van der Waals surface area contributed by atoms with Crippen LogP contribution in [0.15, 0.2) is 87.1 Å². The van der Waals surface area contributed by atoms with Crippen molar-refractivity contribution in [3.63, 3.8) is 0 Å². The molecule has 0 fully saturated rings. The fourth-order valence-corrected chi connectivity index (χ4v) is 6.14. The third kappa shape index (κ3) is 5.84. The minimum Gasteiger partial charge on any atom is -0.468 e. The summed E-state index contributed by atoms with van der Waals surface area (Å²) in [4.78, 5) is 41.3. The number of non-ortho nitro benzene ring substituents is 1. The zero-order chi connectivity index (χ0) is 29.1. The molecule has 0 aliphatic carbocycles. The van der Waals surface area contributed by atoms with Crippen molar-refractivity contribution in [2.24, 2.45) is 0 Å². The minimum atomic E-state index is -0.812. The molecule has 3 N–H and O–H groups in total. The second-order valence-corrected chi connectivity index (χ2v) is 11.0. The smallest absolute Gasteiger partial charge is 0.269 e. The molecule has 11 nitrogen and oxygen atoms in total. The lowest BCUT2D eigenvalue weighted by atomic mass is 9.85. The molecule has 1 aliphatic rings. The van der Waals surface area contributed by atoms with Gasteiger partial charge >= 0.3 is 0 Å². The summed E-state index contributed by atoms with van der Waals surface area (Å²) >= 11 is 2.45. The van der Waals surface area contributed by atoms with Crippen LogP contribution in [0.25, 0.3) is 10.2 Å². The lowest BCUT2D eigenvalue weighted by Crippen LogP contribution is -2.31. The molecule has 2 aromatic carbocycles. The van der Waals surface area contributed by atoms with Crippen LogP contribution >= 0.6 is 23.1 Å². The van der Waals surface area contributed by atoms with Gasteiger partial charge in [0.1, 0.15) is 5.76 Å². The summed E-state index contributed by atoms with van der Waals surface area (Å²) in [6.07, 6.45) is 1.47. The van der Waals surface area contributed by atoms with Crippen LogP contribution in [0.1, 0.15) is 24.2 Å². The zero-order valence-corrected chi connectivity index (χ0v) is 23.4. The maximum absolute atomic E-state index is 13.6. The number of nitrogens with zero attached hydrogens (tertiary/aromatic N) is 3. The Morgan fingerprint density at radius 2 is 2.00 bits per heavy atom. The summed E-state index contributed by atoms with van der Waals surface area (Å²) in [5, 5.41) is 30.8. The molecule has 41 heavy (non-hydrogen) atoms. The number of thioether (sulfide) groups is 1. The average molecular weight is 587 g/mol. The number of carbonyl (C=O) groups excluding carboxylic acids is 2. The Labute approximate surface area is 242 Å².